The van der Waals surface area contributed by atoms with E-state index in [0.29, 0.717) is 13.2 Å². The third kappa shape index (κ3) is 3.94. The van der Waals surface area contributed by atoms with Crippen LogP contribution in [0.4, 0.5) is 0 Å². The molecule has 0 unspecified atom stereocenters. The first kappa shape index (κ1) is 15.3. The number of benzene rings is 1. The van der Waals surface area contributed by atoms with Crippen molar-refractivity contribution >= 4 is 27.7 Å². The van der Waals surface area contributed by atoms with Gasteiger partial charge in [0.05, 0.1) is 0 Å². The number of thioether (sulfide) groups is 1. The van der Waals surface area contributed by atoms with Gasteiger partial charge in [-0.05, 0) is 17.7 Å². The van der Waals surface area contributed by atoms with Gasteiger partial charge in [0, 0.05) is 23.9 Å². The van der Waals surface area contributed by atoms with Crippen LogP contribution in [0.15, 0.2) is 46.5 Å². The SMILES string of the molecule is C=CCn1c(COC)nnc1SCc1cccc(Br)c1. The Bertz CT molecular complexity index is 586. The van der Waals surface area contributed by atoms with Gasteiger partial charge >= 0.3 is 0 Å². The summed E-state index contributed by atoms with van der Waals surface area (Å²) in [5.74, 6) is 1.67. The van der Waals surface area contributed by atoms with Crippen LogP contribution >= 0.6 is 27.7 Å². The predicted octanol–water partition coefficient (Wildman–Crippen LogP) is 3.67. The molecular formula is C14H16BrN3OS. The molecule has 0 aliphatic rings. The van der Waals surface area contributed by atoms with Gasteiger partial charge in [-0.3, -0.25) is 0 Å². The molecule has 1 heterocycles. The maximum atomic E-state index is 5.13. The Kier molecular flexibility index (Phi) is 5.82. The van der Waals surface area contributed by atoms with Crippen LogP contribution in [0.25, 0.3) is 0 Å². The van der Waals surface area contributed by atoms with Crippen molar-refractivity contribution in [3.63, 3.8) is 0 Å². The zero-order chi connectivity index (χ0) is 14.4. The molecule has 0 aliphatic carbocycles. The standard InChI is InChI=1S/C14H16BrN3OS/c1-3-7-18-13(9-19-2)16-17-14(18)20-10-11-5-4-6-12(15)8-11/h3-6,8H,1,7,9-10H2,2H3. The minimum atomic E-state index is 0.457. The summed E-state index contributed by atoms with van der Waals surface area (Å²) < 4.78 is 8.25. The van der Waals surface area contributed by atoms with Crippen molar-refractivity contribution in [3.05, 3.63) is 52.8 Å². The normalized spacial score (nSPS) is 10.7. The molecule has 1 aromatic carbocycles. The second-order valence-corrected chi connectivity index (χ2v) is 6.01. The van der Waals surface area contributed by atoms with E-state index in [1.807, 2.05) is 22.8 Å². The molecule has 0 spiro atoms. The van der Waals surface area contributed by atoms with Crippen LogP contribution in [0.1, 0.15) is 11.4 Å². The highest BCUT2D eigenvalue weighted by atomic mass is 79.9. The third-order valence-electron chi connectivity index (χ3n) is 2.64. The molecule has 0 aliphatic heterocycles. The van der Waals surface area contributed by atoms with Crippen LogP contribution < -0.4 is 0 Å². The number of nitrogens with zero attached hydrogens (tertiary/aromatic N) is 3. The minimum Gasteiger partial charge on any atom is -0.377 e. The summed E-state index contributed by atoms with van der Waals surface area (Å²) in [5.41, 5.74) is 1.24. The van der Waals surface area contributed by atoms with Gasteiger partial charge in [0.1, 0.15) is 6.61 Å². The van der Waals surface area contributed by atoms with Crippen LogP contribution in [0.2, 0.25) is 0 Å². The highest BCUT2D eigenvalue weighted by Gasteiger charge is 2.11. The van der Waals surface area contributed by atoms with E-state index in [1.165, 1.54) is 5.56 Å². The Hall–Kier alpha value is -1.11. The van der Waals surface area contributed by atoms with Crippen LogP contribution in [0.3, 0.4) is 0 Å². The largest absolute Gasteiger partial charge is 0.377 e. The Morgan fingerprint density at radius 3 is 3.00 bits per heavy atom. The van der Waals surface area contributed by atoms with E-state index in [4.69, 9.17) is 4.74 Å². The number of methoxy groups -OCH3 is 1. The molecule has 0 saturated heterocycles. The molecule has 2 aromatic rings. The van der Waals surface area contributed by atoms with Crippen molar-refractivity contribution in [2.75, 3.05) is 7.11 Å². The molecule has 0 N–H and O–H groups in total. The molecule has 4 nitrogen and oxygen atoms in total. The summed E-state index contributed by atoms with van der Waals surface area (Å²) in [5, 5.41) is 9.28. The van der Waals surface area contributed by atoms with Gasteiger partial charge in [-0.1, -0.05) is 45.9 Å². The second kappa shape index (κ2) is 7.61. The number of ether oxygens (including phenoxy) is 1. The summed E-state index contributed by atoms with van der Waals surface area (Å²) in [4.78, 5) is 0. The predicted molar refractivity (Wildman–Crippen MR) is 84.6 cm³/mol. The zero-order valence-electron chi connectivity index (χ0n) is 11.3. The first-order valence-corrected chi connectivity index (χ1v) is 7.91. The fraction of sp³-hybridized carbons (Fsp3) is 0.286. The first-order chi connectivity index (χ1) is 9.74. The van der Waals surface area contributed by atoms with Crippen molar-refractivity contribution in [3.8, 4) is 0 Å². The lowest BCUT2D eigenvalue weighted by Gasteiger charge is -2.07. The lowest BCUT2D eigenvalue weighted by Crippen LogP contribution is -2.04. The van der Waals surface area contributed by atoms with Crippen molar-refractivity contribution < 1.29 is 4.74 Å². The van der Waals surface area contributed by atoms with Crippen LogP contribution in [-0.2, 0) is 23.6 Å². The lowest BCUT2D eigenvalue weighted by atomic mass is 10.2. The summed E-state index contributed by atoms with van der Waals surface area (Å²) in [6, 6.07) is 8.26. The van der Waals surface area contributed by atoms with E-state index in [0.717, 1.165) is 21.2 Å². The minimum absolute atomic E-state index is 0.457. The molecule has 0 radical (unpaired) electrons. The number of rotatable bonds is 7. The molecule has 20 heavy (non-hydrogen) atoms. The van der Waals surface area contributed by atoms with E-state index in [9.17, 15) is 0 Å². The van der Waals surface area contributed by atoms with Gasteiger partial charge in [0.15, 0.2) is 11.0 Å². The Morgan fingerprint density at radius 1 is 1.45 bits per heavy atom. The Labute approximate surface area is 131 Å². The molecule has 106 valence electrons. The smallest absolute Gasteiger partial charge is 0.191 e. The number of hydrogen-bond acceptors (Lipinski definition) is 4. The summed E-state index contributed by atoms with van der Waals surface area (Å²) >= 11 is 5.14. The van der Waals surface area contributed by atoms with E-state index < -0.39 is 0 Å². The second-order valence-electron chi connectivity index (χ2n) is 4.15. The average Bonchev–Trinajstić information content (AvgIpc) is 2.80. The van der Waals surface area contributed by atoms with Gasteiger partial charge < -0.3 is 9.30 Å². The average molecular weight is 354 g/mol. The van der Waals surface area contributed by atoms with Gasteiger partial charge in [-0.25, -0.2) is 0 Å². The molecule has 2 rings (SSSR count). The van der Waals surface area contributed by atoms with E-state index in [-0.39, 0.29) is 0 Å². The van der Waals surface area contributed by atoms with Crippen LogP contribution in [0, 0.1) is 0 Å². The van der Waals surface area contributed by atoms with Crippen LogP contribution in [-0.4, -0.2) is 21.9 Å². The molecule has 0 bridgehead atoms. The quantitative estimate of drug-likeness (QED) is 0.562. The number of allylic oxidation sites excluding steroid dienone is 1. The first-order valence-electron chi connectivity index (χ1n) is 6.13. The van der Waals surface area contributed by atoms with Gasteiger partial charge in [0.25, 0.3) is 0 Å². The monoisotopic (exact) mass is 353 g/mol. The zero-order valence-corrected chi connectivity index (χ0v) is 13.7. The van der Waals surface area contributed by atoms with E-state index in [1.54, 1.807) is 18.9 Å². The van der Waals surface area contributed by atoms with Gasteiger partial charge in [0.2, 0.25) is 0 Å². The molecule has 6 heteroatoms. The van der Waals surface area contributed by atoms with Crippen molar-refractivity contribution in [2.45, 2.75) is 24.1 Å². The summed E-state index contributed by atoms with van der Waals surface area (Å²) in [7, 11) is 1.65. The molecular weight excluding hydrogens is 338 g/mol. The fourth-order valence-corrected chi connectivity index (χ4v) is 3.11. The van der Waals surface area contributed by atoms with Crippen molar-refractivity contribution in [2.24, 2.45) is 0 Å². The number of halogens is 1. The molecule has 0 saturated carbocycles. The van der Waals surface area contributed by atoms with Gasteiger partial charge in [-0.15, -0.1) is 16.8 Å². The van der Waals surface area contributed by atoms with Crippen molar-refractivity contribution in [1.82, 2.24) is 14.8 Å². The van der Waals surface area contributed by atoms with Gasteiger partial charge in [-0.2, -0.15) is 0 Å². The highest BCUT2D eigenvalue weighted by molar-refractivity contribution is 9.10. The summed E-state index contributed by atoms with van der Waals surface area (Å²) in [6.45, 7) is 4.92. The molecule has 1 aromatic heterocycles. The highest BCUT2D eigenvalue weighted by Crippen LogP contribution is 2.23. The maximum Gasteiger partial charge on any atom is 0.191 e. The van der Waals surface area contributed by atoms with Crippen molar-refractivity contribution in [1.29, 1.82) is 0 Å². The topological polar surface area (TPSA) is 39.9 Å². The number of aromatic nitrogens is 3. The summed E-state index contributed by atoms with van der Waals surface area (Å²) in [6.07, 6.45) is 1.84. The lowest BCUT2D eigenvalue weighted by molar-refractivity contribution is 0.174. The van der Waals surface area contributed by atoms with E-state index in [2.05, 4.69) is 44.8 Å². The fourth-order valence-electron chi connectivity index (χ4n) is 1.75. The van der Waals surface area contributed by atoms with E-state index >= 15 is 0 Å². The maximum absolute atomic E-state index is 5.13. The van der Waals surface area contributed by atoms with Crippen LogP contribution in [0.5, 0.6) is 0 Å². The molecule has 0 fully saturated rings. The molecule has 0 atom stereocenters. The Morgan fingerprint density at radius 2 is 2.30 bits per heavy atom. The Balaban J connectivity index is 2.10. The molecule has 0 amide bonds. The number of hydrogen-bond donors (Lipinski definition) is 0. The third-order valence-corrected chi connectivity index (χ3v) is 4.17.